The Morgan fingerprint density at radius 1 is 1.03 bits per heavy atom. The smallest absolute Gasteiger partial charge is 0.261 e. The number of hydrogen-bond acceptors (Lipinski definition) is 3. The SMILES string of the molecule is C[C@@H](CO[Si](c1ccccc1)(c1ccccc1)C(C)(C)C)n1cc2cc(Cl)nc(I)c2n1. The lowest BCUT2D eigenvalue weighted by Gasteiger charge is -2.43. The van der Waals surface area contributed by atoms with Crippen molar-refractivity contribution in [2.75, 3.05) is 6.61 Å². The molecule has 0 spiro atoms. The molecule has 4 nitrogen and oxygen atoms in total. The van der Waals surface area contributed by atoms with Crippen LogP contribution in [0, 0.1) is 3.70 Å². The van der Waals surface area contributed by atoms with Crippen LogP contribution in [0.5, 0.6) is 0 Å². The maximum Gasteiger partial charge on any atom is 0.261 e. The molecule has 4 aromatic rings. The van der Waals surface area contributed by atoms with Crippen molar-refractivity contribution >= 4 is 63.8 Å². The molecule has 0 saturated heterocycles. The van der Waals surface area contributed by atoms with Crippen molar-refractivity contribution in [3.05, 3.63) is 81.8 Å². The molecule has 166 valence electrons. The van der Waals surface area contributed by atoms with E-state index < -0.39 is 8.32 Å². The van der Waals surface area contributed by atoms with Crippen LogP contribution in [0.4, 0.5) is 0 Å². The highest BCUT2D eigenvalue weighted by Gasteiger charge is 2.50. The second kappa shape index (κ2) is 9.25. The van der Waals surface area contributed by atoms with Crippen molar-refractivity contribution in [1.29, 1.82) is 0 Å². The first-order valence-electron chi connectivity index (χ1n) is 10.7. The maximum atomic E-state index is 7.07. The first-order valence-corrected chi connectivity index (χ1v) is 14.0. The Morgan fingerprint density at radius 3 is 2.12 bits per heavy atom. The maximum absolute atomic E-state index is 7.07. The third kappa shape index (κ3) is 4.38. The summed E-state index contributed by atoms with van der Waals surface area (Å²) in [5, 5.41) is 8.76. The highest BCUT2D eigenvalue weighted by atomic mass is 127. The lowest BCUT2D eigenvalue weighted by molar-refractivity contribution is 0.238. The van der Waals surface area contributed by atoms with Gasteiger partial charge in [0.1, 0.15) is 14.4 Å². The summed E-state index contributed by atoms with van der Waals surface area (Å²) in [6.07, 6.45) is 2.03. The Kier molecular flexibility index (Phi) is 6.77. The standard InChI is InChI=1S/C25H27ClIN3OSi/c1-18(30-16-19-15-22(26)28-24(27)23(19)29-30)17-31-32(25(2,3)4,20-11-7-5-8-12-20)21-13-9-6-10-14-21/h5-16,18H,17H2,1-4H3/t18-/m0/s1. The molecule has 2 aromatic heterocycles. The molecular formula is C25H27ClIN3OSi. The predicted molar refractivity (Wildman–Crippen MR) is 144 cm³/mol. The van der Waals surface area contributed by atoms with E-state index in [2.05, 4.69) is 116 Å². The van der Waals surface area contributed by atoms with Crippen LogP contribution >= 0.6 is 34.2 Å². The monoisotopic (exact) mass is 575 g/mol. The molecule has 0 aliphatic carbocycles. The summed E-state index contributed by atoms with van der Waals surface area (Å²) in [7, 11) is -2.58. The molecule has 0 aliphatic heterocycles. The molecule has 1 atom stereocenters. The Morgan fingerprint density at radius 2 is 1.59 bits per heavy atom. The summed E-state index contributed by atoms with van der Waals surface area (Å²) in [6.45, 7) is 9.58. The molecule has 0 fully saturated rings. The number of hydrogen-bond donors (Lipinski definition) is 0. The van der Waals surface area contributed by atoms with Gasteiger partial charge in [-0.25, -0.2) is 4.98 Å². The largest absolute Gasteiger partial charge is 0.405 e. The van der Waals surface area contributed by atoms with Gasteiger partial charge in [0.2, 0.25) is 0 Å². The topological polar surface area (TPSA) is 39.9 Å². The minimum atomic E-state index is -2.58. The molecule has 0 aliphatic rings. The third-order valence-electron chi connectivity index (χ3n) is 5.84. The van der Waals surface area contributed by atoms with E-state index in [1.807, 2.05) is 16.9 Å². The van der Waals surface area contributed by atoms with Crippen molar-refractivity contribution in [2.24, 2.45) is 0 Å². The molecule has 4 rings (SSSR count). The first-order chi connectivity index (χ1) is 15.2. The zero-order chi connectivity index (χ0) is 22.9. The molecule has 0 radical (unpaired) electrons. The molecule has 0 N–H and O–H groups in total. The average molecular weight is 576 g/mol. The lowest BCUT2D eigenvalue weighted by Crippen LogP contribution is -2.66. The van der Waals surface area contributed by atoms with Crippen LogP contribution in [0.25, 0.3) is 10.9 Å². The van der Waals surface area contributed by atoms with Gasteiger partial charge in [-0.15, -0.1) is 0 Å². The second-order valence-electron chi connectivity index (χ2n) is 9.11. The van der Waals surface area contributed by atoms with Crippen LogP contribution in [-0.4, -0.2) is 29.7 Å². The Hall–Kier alpha value is -1.74. The van der Waals surface area contributed by atoms with Crippen molar-refractivity contribution in [3.63, 3.8) is 0 Å². The molecule has 0 bridgehead atoms. The van der Waals surface area contributed by atoms with Gasteiger partial charge in [0.25, 0.3) is 8.32 Å². The van der Waals surface area contributed by atoms with E-state index in [4.69, 9.17) is 21.1 Å². The Bertz CT molecular complexity index is 1170. The first kappa shape index (κ1) is 23.4. The number of rotatable bonds is 6. The predicted octanol–water partition coefficient (Wildman–Crippen LogP) is 5.83. The number of aromatic nitrogens is 3. The third-order valence-corrected chi connectivity index (χ3v) is 11.8. The highest BCUT2D eigenvalue weighted by Crippen LogP contribution is 2.37. The van der Waals surface area contributed by atoms with Crippen LogP contribution < -0.4 is 10.4 Å². The molecule has 0 amide bonds. The number of nitrogens with zero attached hydrogens (tertiary/aromatic N) is 3. The Balaban J connectivity index is 1.73. The van der Waals surface area contributed by atoms with Crippen LogP contribution in [0.15, 0.2) is 72.9 Å². The van der Waals surface area contributed by atoms with Gasteiger partial charge in [0.05, 0.1) is 12.6 Å². The van der Waals surface area contributed by atoms with Gasteiger partial charge in [-0.3, -0.25) is 4.68 Å². The van der Waals surface area contributed by atoms with E-state index in [1.165, 1.54) is 10.4 Å². The fourth-order valence-electron chi connectivity index (χ4n) is 4.29. The zero-order valence-electron chi connectivity index (χ0n) is 18.7. The molecule has 0 saturated carbocycles. The minimum Gasteiger partial charge on any atom is -0.405 e. The van der Waals surface area contributed by atoms with Gasteiger partial charge in [0, 0.05) is 11.6 Å². The molecule has 2 aromatic carbocycles. The molecular weight excluding hydrogens is 549 g/mol. The van der Waals surface area contributed by atoms with Crippen molar-refractivity contribution in [1.82, 2.24) is 14.8 Å². The summed E-state index contributed by atoms with van der Waals surface area (Å²) < 4.78 is 9.85. The van der Waals surface area contributed by atoms with E-state index in [-0.39, 0.29) is 11.1 Å². The normalized spacial score (nSPS) is 13.4. The zero-order valence-corrected chi connectivity index (χ0v) is 22.6. The number of pyridine rings is 1. The number of halogens is 2. The number of fused-ring (bicyclic) bond motifs is 1. The molecule has 2 heterocycles. The van der Waals surface area contributed by atoms with Gasteiger partial charge in [-0.05, 0) is 51.0 Å². The van der Waals surface area contributed by atoms with E-state index >= 15 is 0 Å². The van der Waals surface area contributed by atoms with Crippen molar-refractivity contribution < 1.29 is 4.43 Å². The van der Waals surface area contributed by atoms with E-state index in [9.17, 15) is 0 Å². The van der Waals surface area contributed by atoms with Gasteiger partial charge in [-0.1, -0.05) is 93.0 Å². The second-order valence-corrected chi connectivity index (χ2v) is 14.8. The van der Waals surface area contributed by atoms with E-state index in [0.29, 0.717) is 11.8 Å². The Labute approximate surface area is 209 Å². The number of benzene rings is 2. The highest BCUT2D eigenvalue weighted by molar-refractivity contribution is 14.1. The van der Waals surface area contributed by atoms with Crippen LogP contribution in [0.2, 0.25) is 10.2 Å². The lowest BCUT2D eigenvalue weighted by atomic mass is 10.2. The summed E-state index contributed by atoms with van der Waals surface area (Å²) in [5.74, 6) is 0. The summed E-state index contributed by atoms with van der Waals surface area (Å²) in [6, 6.07) is 23.3. The van der Waals surface area contributed by atoms with E-state index in [0.717, 1.165) is 14.6 Å². The molecule has 7 heteroatoms. The minimum absolute atomic E-state index is 0.0543. The fourth-order valence-corrected chi connectivity index (χ4v) is 9.96. The van der Waals surface area contributed by atoms with Crippen LogP contribution in [0.1, 0.15) is 33.7 Å². The van der Waals surface area contributed by atoms with Crippen LogP contribution in [0.3, 0.4) is 0 Å². The van der Waals surface area contributed by atoms with Gasteiger partial charge in [0.15, 0.2) is 0 Å². The summed E-state index contributed by atoms with van der Waals surface area (Å²) in [5.41, 5.74) is 0.868. The average Bonchev–Trinajstić information content (AvgIpc) is 3.19. The quantitative estimate of drug-likeness (QED) is 0.165. The summed E-state index contributed by atoms with van der Waals surface area (Å²) in [4.78, 5) is 4.32. The fraction of sp³-hybridized carbons (Fsp3) is 0.280. The van der Waals surface area contributed by atoms with Crippen LogP contribution in [-0.2, 0) is 4.43 Å². The molecule has 0 unspecified atom stereocenters. The van der Waals surface area contributed by atoms with Crippen molar-refractivity contribution in [3.8, 4) is 0 Å². The van der Waals surface area contributed by atoms with Gasteiger partial charge >= 0.3 is 0 Å². The van der Waals surface area contributed by atoms with Crippen molar-refractivity contribution in [2.45, 2.75) is 38.8 Å². The van der Waals surface area contributed by atoms with Gasteiger partial charge < -0.3 is 4.43 Å². The molecule has 32 heavy (non-hydrogen) atoms. The van der Waals surface area contributed by atoms with Gasteiger partial charge in [-0.2, -0.15) is 5.10 Å². The summed E-state index contributed by atoms with van der Waals surface area (Å²) >= 11 is 8.33. The van der Waals surface area contributed by atoms with E-state index in [1.54, 1.807) is 0 Å².